The number of aliphatic hydroxyl groups is 1. The molecule has 130 valence electrons. The van der Waals surface area contributed by atoms with E-state index in [0.717, 1.165) is 10.9 Å². The summed E-state index contributed by atoms with van der Waals surface area (Å²) in [5, 5.41) is 13.9. The number of ether oxygens (including phenoxy) is 1. The minimum absolute atomic E-state index is 0.210. The Morgan fingerprint density at radius 3 is 2.68 bits per heavy atom. The highest BCUT2D eigenvalue weighted by Gasteiger charge is 2.18. The van der Waals surface area contributed by atoms with Crippen LogP contribution in [0.5, 0.6) is 5.75 Å². The molecule has 1 aromatic heterocycles. The first-order chi connectivity index (χ1) is 12.1. The summed E-state index contributed by atoms with van der Waals surface area (Å²) in [4.78, 5) is 12.4. The molecular formula is C20H21NO4. The molecule has 0 aliphatic heterocycles. The third-order valence-corrected chi connectivity index (χ3v) is 4.09. The molecule has 0 spiro atoms. The van der Waals surface area contributed by atoms with Gasteiger partial charge in [-0.05, 0) is 31.0 Å². The van der Waals surface area contributed by atoms with Crippen molar-refractivity contribution >= 4 is 16.9 Å². The number of nitrogens with one attached hydrogen (secondary N) is 1. The van der Waals surface area contributed by atoms with E-state index >= 15 is 0 Å². The summed E-state index contributed by atoms with van der Waals surface area (Å²) in [5.74, 6) is 0.496. The van der Waals surface area contributed by atoms with Crippen molar-refractivity contribution in [3.05, 3.63) is 65.9 Å². The van der Waals surface area contributed by atoms with Gasteiger partial charge < -0.3 is 19.6 Å². The van der Waals surface area contributed by atoms with Gasteiger partial charge >= 0.3 is 0 Å². The van der Waals surface area contributed by atoms with Crippen LogP contribution in [0.25, 0.3) is 11.0 Å². The van der Waals surface area contributed by atoms with Crippen molar-refractivity contribution < 1.29 is 19.1 Å². The van der Waals surface area contributed by atoms with Gasteiger partial charge in [-0.3, -0.25) is 4.79 Å². The van der Waals surface area contributed by atoms with Gasteiger partial charge in [-0.25, -0.2) is 0 Å². The fourth-order valence-corrected chi connectivity index (χ4v) is 2.81. The number of furan rings is 1. The van der Waals surface area contributed by atoms with Gasteiger partial charge in [0.05, 0.1) is 13.2 Å². The maximum atomic E-state index is 12.4. The second kappa shape index (κ2) is 7.40. The lowest BCUT2D eigenvalue weighted by Gasteiger charge is -2.17. The Hall–Kier alpha value is -2.79. The molecule has 3 aromatic rings. The molecule has 0 fully saturated rings. The van der Waals surface area contributed by atoms with Crippen molar-refractivity contribution in [3.8, 4) is 5.75 Å². The minimum atomic E-state index is -0.632. The summed E-state index contributed by atoms with van der Waals surface area (Å²) in [7, 11) is 1.56. The number of aliphatic hydroxyl groups excluding tert-OH is 1. The Bertz CT molecular complexity index is 857. The van der Waals surface area contributed by atoms with Gasteiger partial charge in [0.15, 0.2) is 17.1 Å². The number of hydrogen-bond donors (Lipinski definition) is 2. The Morgan fingerprint density at radius 1 is 1.20 bits per heavy atom. The lowest BCUT2D eigenvalue weighted by atomic mass is 10.0. The molecule has 0 saturated carbocycles. The highest BCUT2D eigenvalue weighted by Crippen LogP contribution is 2.28. The molecule has 0 aliphatic carbocycles. The van der Waals surface area contributed by atoms with Crippen LogP contribution in [0.4, 0.5) is 0 Å². The molecule has 25 heavy (non-hydrogen) atoms. The molecular weight excluding hydrogens is 318 g/mol. The monoisotopic (exact) mass is 339 g/mol. The van der Waals surface area contributed by atoms with Gasteiger partial charge in [0.2, 0.25) is 0 Å². The zero-order chi connectivity index (χ0) is 17.8. The molecule has 2 unspecified atom stereocenters. The summed E-state index contributed by atoms with van der Waals surface area (Å²) >= 11 is 0. The first-order valence-electron chi connectivity index (χ1n) is 8.19. The van der Waals surface area contributed by atoms with E-state index in [-0.39, 0.29) is 17.7 Å². The molecule has 0 bridgehead atoms. The van der Waals surface area contributed by atoms with Crippen molar-refractivity contribution in [1.82, 2.24) is 5.32 Å². The summed E-state index contributed by atoms with van der Waals surface area (Å²) in [6, 6.07) is 16.4. The van der Waals surface area contributed by atoms with Crippen LogP contribution in [0, 0.1) is 0 Å². The highest BCUT2D eigenvalue weighted by atomic mass is 16.5. The predicted molar refractivity (Wildman–Crippen MR) is 95.7 cm³/mol. The fourth-order valence-electron chi connectivity index (χ4n) is 2.81. The zero-order valence-corrected chi connectivity index (χ0v) is 14.2. The molecule has 2 atom stereocenters. The van der Waals surface area contributed by atoms with Crippen molar-refractivity contribution in [1.29, 1.82) is 0 Å². The summed E-state index contributed by atoms with van der Waals surface area (Å²) in [6.45, 7) is 1.85. The molecule has 1 heterocycles. The SMILES string of the molecule is COc1cccc2cc(C(=O)NC(C)CC(O)c3ccccc3)oc12. The van der Waals surface area contributed by atoms with Gasteiger partial charge in [0, 0.05) is 11.4 Å². The maximum absolute atomic E-state index is 12.4. The van der Waals surface area contributed by atoms with E-state index in [1.54, 1.807) is 19.2 Å². The van der Waals surface area contributed by atoms with Crippen LogP contribution in [-0.4, -0.2) is 24.2 Å². The predicted octanol–water partition coefficient (Wildman–Crippen LogP) is 3.68. The zero-order valence-electron chi connectivity index (χ0n) is 14.2. The molecule has 5 nitrogen and oxygen atoms in total. The quantitative estimate of drug-likeness (QED) is 0.718. The molecule has 0 aliphatic rings. The lowest BCUT2D eigenvalue weighted by Crippen LogP contribution is -2.33. The average Bonchev–Trinajstić information content (AvgIpc) is 3.06. The van der Waals surface area contributed by atoms with Crippen LogP contribution in [0.15, 0.2) is 59.0 Å². The summed E-state index contributed by atoms with van der Waals surface area (Å²) < 4.78 is 10.9. The van der Waals surface area contributed by atoms with E-state index < -0.39 is 6.10 Å². The van der Waals surface area contributed by atoms with Crippen LogP contribution in [-0.2, 0) is 0 Å². The normalized spacial score (nSPS) is 13.4. The van der Waals surface area contributed by atoms with Crippen molar-refractivity contribution in [3.63, 3.8) is 0 Å². The number of fused-ring (bicyclic) bond motifs is 1. The first kappa shape index (κ1) is 17.0. The fraction of sp³-hybridized carbons (Fsp3) is 0.250. The van der Waals surface area contributed by atoms with Gasteiger partial charge in [0.25, 0.3) is 5.91 Å². The van der Waals surface area contributed by atoms with E-state index in [0.29, 0.717) is 17.8 Å². The van der Waals surface area contributed by atoms with E-state index in [1.165, 1.54) is 0 Å². The number of hydrogen-bond acceptors (Lipinski definition) is 4. The molecule has 2 N–H and O–H groups in total. The van der Waals surface area contributed by atoms with Gasteiger partial charge in [-0.2, -0.15) is 0 Å². The van der Waals surface area contributed by atoms with Crippen LogP contribution < -0.4 is 10.1 Å². The average molecular weight is 339 g/mol. The molecule has 5 heteroatoms. The van der Waals surface area contributed by atoms with E-state index in [2.05, 4.69) is 5.32 Å². The number of rotatable bonds is 6. The third kappa shape index (κ3) is 3.83. The Morgan fingerprint density at radius 2 is 1.96 bits per heavy atom. The lowest BCUT2D eigenvalue weighted by molar-refractivity contribution is 0.0891. The van der Waals surface area contributed by atoms with E-state index in [4.69, 9.17) is 9.15 Å². The largest absolute Gasteiger partial charge is 0.493 e. The molecule has 0 saturated heterocycles. The van der Waals surface area contributed by atoms with Gasteiger partial charge in [0.1, 0.15) is 0 Å². The second-order valence-electron chi connectivity index (χ2n) is 6.03. The van der Waals surface area contributed by atoms with Crippen molar-refractivity contribution in [2.45, 2.75) is 25.5 Å². The summed E-state index contributed by atoms with van der Waals surface area (Å²) in [6.07, 6.45) is -0.216. The number of amides is 1. The maximum Gasteiger partial charge on any atom is 0.287 e. The standard InChI is InChI=1S/C20H21NO4/c1-13(11-16(22)14-7-4-3-5-8-14)21-20(23)18-12-15-9-6-10-17(24-2)19(15)25-18/h3-10,12-13,16,22H,11H2,1-2H3,(H,21,23). The van der Waals surface area contributed by atoms with Crippen LogP contribution in [0.3, 0.4) is 0 Å². The number of benzene rings is 2. The highest BCUT2D eigenvalue weighted by molar-refractivity contribution is 5.97. The van der Waals surface area contributed by atoms with Crippen LogP contribution in [0.2, 0.25) is 0 Å². The van der Waals surface area contributed by atoms with Crippen molar-refractivity contribution in [2.75, 3.05) is 7.11 Å². The van der Waals surface area contributed by atoms with Crippen LogP contribution in [0.1, 0.15) is 35.6 Å². The van der Waals surface area contributed by atoms with Crippen LogP contribution >= 0.6 is 0 Å². The third-order valence-electron chi connectivity index (χ3n) is 4.09. The topological polar surface area (TPSA) is 71.7 Å². The second-order valence-corrected chi connectivity index (χ2v) is 6.03. The number of carbonyl (C=O) groups excluding carboxylic acids is 1. The van der Waals surface area contributed by atoms with E-state index in [1.807, 2.05) is 49.4 Å². The molecule has 0 radical (unpaired) electrons. The Kier molecular flexibility index (Phi) is 5.05. The number of carbonyl (C=O) groups is 1. The molecule has 1 amide bonds. The molecule has 2 aromatic carbocycles. The van der Waals surface area contributed by atoms with Gasteiger partial charge in [-0.15, -0.1) is 0 Å². The van der Waals surface area contributed by atoms with Gasteiger partial charge in [-0.1, -0.05) is 42.5 Å². The summed E-state index contributed by atoms with van der Waals surface area (Å²) in [5.41, 5.74) is 1.38. The smallest absolute Gasteiger partial charge is 0.287 e. The molecule has 3 rings (SSSR count). The Labute approximate surface area is 146 Å². The minimum Gasteiger partial charge on any atom is -0.493 e. The number of methoxy groups -OCH3 is 1. The number of para-hydroxylation sites is 1. The van der Waals surface area contributed by atoms with E-state index in [9.17, 15) is 9.90 Å². The first-order valence-corrected chi connectivity index (χ1v) is 8.19. The Balaban J connectivity index is 1.67. The van der Waals surface area contributed by atoms with Crippen molar-refractivity contribution in [2.24, 2.45) is 0 Å².